The Hall–Kier alpha value is -2.08. The van der Waals surface area contributed by atoms with Crippen molar-refractivity contribution in [2.75, 3.05) is 46.4 Å². The fourth-order valence-electron chi connectivity index (χ4n) is 2.46. The number of rotatable bonds is 7. The van der Waals surface area contributed by atoms with Gasteiger partial charge in [0.05, 0.1) is 13.7 Å². The summed E-state index contributed by atoms with van der Waals surface area (Å²) in [7, 11) is 1.64. The van der Waals surface area contributed by atoms with Gasteiger partial charge >= 0.3 is 0 Å². The van der Waals surface area contributed by atoms with Crippen molar-refractivity contribution in [3.05, 3.63) is 29.8 Å². The molecule has 1 aromatic rings. The van der Waals surface area contributed by atoms with E-state index in [-0.39, 0.29) is 5.91 Å². The monoisotopic (exact) mass is 305 g/mol. The highest BCUT2D eigenvalue weighted by atomic mass is 16.5. The first kappa shape index (κ1) is 16.3. The first-order valence-electron chi connectivity index (χ1n) is 7.52. The van der Waals surface area contributed by atoms with Crippen LogP contribution in [0.2, 0.25) is 0 Å². The van der Waals surface area contributed by atoms with Crippen LogP contribution in [0.4, 0.5) is 0 Å². The second-order valence-electron chi connectivity index (χ2n) is 5.37. The maximum absolute atomic E-state index is 11.9. The van der Waals surface area contributed by atoms with E-state index in [1.54, 1.807) is 12.0 Å². The zero-order valence-electron chi connectivity index (χ0n) is 13.0. The Labute approximate surface area is 131 Å². The Morgan fingerprint density at radius 2 is 2.09 bits per heavy atom. The first-order valence-corrected chi connectivity index (χ1v) is 7.52. The summed E-state index contributed by atoms with van der Waals surface area (Å²) in [5.41, 5.74) is 1.14. The van der Waals surface area contributed by atoms with Crippen LogP contribution in [0.3, 0.4) is 0 Å². The molecule has 1 aliphatic heterocycles. The van der Waals surface area contributed by atoms with Gasteiger partial charge < -0.3 is 15.0 Å². The van der Waals surface area contributed by atoms with Crippen molar-refractivity contribution in [3.63, 3.8) is 0 Å². The molecule has 1 aromatic carbocycles. The molecular formula is C16H23N3O3. The highest BCUT2D eigenvalue weighted by molar-refractivity contribution is 5.78. The van der Waals surface area contributed by atoms with Gasteiger partial charge in [-0.1, -0.05) is 12.1 Å². The smallest absolute Gasteiger partial charge is 0.234 e. The molecule has 1 aliphatic rings. The molecule has 0 aromatic heterocycles. The Balaban J connectivity index is 1.66. The summed E-state index contributed by atoms with van der Waals surface area (Å²) in [6.07, 6.45) is 1.65. The van der Waals surface area contributed by atoms with E-state index in [1.807, 2.05) is 24.3 Å². The van der Waals surface area contributed by atoms with Crippen molar-refractivity contribution >= 4 is 12.3 Å². The normalized spacial score (nSPS) is 15.4. The highest BCUT2D eigenvalue weighted by Gasteiger charge is 2.17. The summed E-state index contributed by atoms with van der Waals surface area (Å²) < 4.78 is 5.18. The minimum Gasteiger partial charge on any atom is -0.497 e. The van der Waals surface area contributed by atoms with Crippen LogP contribution in [0.5, 0.6) is 5.75 Å². The SMILES string of the molecule is COc1cccc(CCNC(=O)CN2CCN(C=O)CC2)c1. The number of methoxy groups -OCH3 is 1. The molecule has 1 saturated heterocycles. The third kappa shape index (κ3) is 5.04. The Bertz CT molecular complexity index is 499. The second-order valence-corrected chi connectivity index (χ2v) is 5.37. The van der Waals surface area contributed by atoms with Crippen LogP contribution < -0.4 is 10.1 Å². The van der Waals surface area contributed by atoms with Crippen LogP contribution >= 0.6 is 0 Å². The van der Waals surface area contributed by atoms with Crippen LogP contribution in [0.25, 0.3) is 0 Å². The van der Waals surface area contributed by atoms with Crippen LogP contribution in [0, 0.1) is 0 Å². The van der Waals surface area contributed by atoms with E-state index in [1.165, 1.54) is 0 Å². The predicted octanol–water partition coefficient (Wildman–Crippen LogP) is 0.128. The average Bonchev–Trinajstić information content (AvgIpc) is 2.56. The van der Waals surface area contributed by atoms with E-state index in [2.05, 4.69) is 10.2 Å². The van der Waals surface area contributed by atoms with Gasteiger partial charge in [-0.2, -0.15) is 0 Å². The number of piperazine rings is 1. The topological polar surface area (TPSA) is 61.9 Å². The van der Waals surface area contributed by atoms with Crippen LogP contribution in [0.1, 0.15) is 5.56 Å². The van der Waals surface area contributed by atoms with Crippen molar-refractivity contribution in [1.82, 2.24) is 15.1 Å². The van der Waals surface area contributed by atoms with E-state index in [4.69, 9.17) is 4.74 Å². The van der Waals surface area contributed by atoms with Gasteiger partial charge in [0.2, 0.25) is 12.3 Å². The maximum Gasteiger partial charge on any atom is 0.234 e. The quantitative estimate of drug-likeness (QED) is 0.727. The van der Waals surface area contributed by atoms with E-state index < -0.39 is 0 Å². The predicted molar refractivity (Wildman–Crippen MR) is 83.8 cm³/mol. The lowest BCUT2D eigenvalue weighted by atomic mass is 10.1. The molecule has 0 bridgehead atoms. The van der Waals surface area contributed by atoms with Gasteiger partial charge in [0.15, 0.2) is 0 Å². The van der Waals surface area contributed by atoms with Crippen molar-refractivity contribution < 1.29 is 14.3 Å². The molecule has 0 aliphatic carbocycles. The van der Waals surface area contributed by atoms with Gasteiger partial charge in [0.25, 0.3) is 0 Å². The zero-order valence-corrected chi connectivity index (χ0v) is 13.0. The number of carbonyl (C=O) groups excluding carboxylic acids is 2. The van der Waals surface area contributed by atoms with Crippen LogP contribution in [0.15, 0.2) is 24.3 Å². The van der Waals surface area contributed by atoms with E-state index >= 15 is 0 Å². The lowest BCUT2D eigenvalue weighted by Crippen LogP contribution is -2.49. The van der Waals surface area contributed by atoms with E-state index in [0.717, 1.165) is 37.2 Å². The molecule has 1 fully saturated rings. The van der Waals surface area contributed by atoms with Crippen molar-refractivity contribution in [2.24, 2.45) is 0 Å². The lowest BCUT2D eigenvalue weighted by molar-refractivity contribution is -0.123. The zero-order chi connectivity index (χ0) is 15.8. The van der Waals surface area contributed by atoms with Crippen molar-refractivity contribution in [2.45, 2.75) is 6.42 Å². The molecule has 22 heavy (non-hydrogen) atoms. The summed E-state index contributed by atoms with van der Waals surface area (Å²) in [6.45, 7) is 3.90. The minimum atomic E-state index is 0.0300. The number of hydrogen-bond donors (Lipinski definition) is 1. The molecule has 1 heterocycles. The molecule has 2 rings (SSSR count). The number of ether oxygens (including phenoxy) is 1. The number of hydrogen-bond acceptors (Lipinski definition) is 4. The number of benzene rings is 1. The molecule has 0 atom stereocenters. The van der Waals surface area contributed by atoms with Crippen LogP contribution in [-0.2, 0) is 16.0 Å². The van der Waals surface area contributed by atoms with Gasteiger partial charge in [-0.05, 0) is 24.1 Å². The molecule has 1 N–H and O–H groups in total. The molecule has 2 amide bonds. The molecule has 0 unspecified atom stereocenters. The summed E-state index contributed by atoms with van der Waals surface area (Å²) >= 11 is 0. The molecular weight excluding hydrogens is 282 g/mol. The fraction of sp³-hybridized carbons (Fsp3) is 0.500. The number of carbonyl (C=O) groups is 2. The van der Waals surface area contributed by atoms with E-state index in [0.29, 0.717) is 26.2 Å². The lowest BCUT2D eigenvalue weighted by Gasteiger charge is -2.31. The number of nitrogens with zero attached hydrogens (tertiary/aromatic N) is 2. The molecule has 0 saturated carbocycles. The van der Waals surface area contributed by atoms with Gasteiger partial charge in [-0.15, -0.1) is 0 Å². The minimum absolute atomic E-state index is 0.0300. The molecule has 6 nitrogen and oxygen atoms in total. The molecule has 0 spiro atoms. The maximum atomic E-state index is 11.9. The fourth-order valence-corrected chi connectivity index (χ4v) is 2.46. The summed E-state index contributed by atoms with van der Waals surface area (Å²) in [5, 5.41) is 2.94. The largest absolute Gasteiger partial charge is 0.497 e. The van der Waals surface area contributed by atoms with Gasteiger partial charge in [0, 0.05) is 32.7 Å². The highest BCUT2D eigenvalue weighted by Crippen LogP contribution is 2.12. The van der Waals surface area contributed by atoms with Gasteiger partial charge in [-0.25, -0.2) is 0 Å². The van der Waals surface area contributed by atoms with Gasteiger partial charge in [-0.3, -0.25) is 14.5 Å². The van der Waals surface area contributed by atoms with Crippen LogP contribution in [-0.4, -0.2) is 68.5 Å². The first-order chi connectivity index (χ1) is 10.7. The number of nitrogens with one attached hydrogen (secondary N) is 1. The number of amides is 2. The van der Waals surface area contributed by atoms with Gasteiger partial charge in [0.1, 0.15) is 5.75 Å². The Morgan fingerprint density at radius 3 is 2.77 bits per heavy atom. The Kier molecular flexibility index (Phi) is 6.21. The summed E-state index contributed by atoms with van der Waals surface area (Å²) in [5.74, 6) is 0.860. The second kappa shape index (κ2) is 8.38. The molecule has 120 valence electrons. The third-order valence-electron chi connectivity index (χ3n) is 3.79. The molecule has 0 radical (unpaired) electrons. The average molecular weight is 305 g/mol. The van der Waals surface area contributed by atoms with Crippen molar-refractivity contribution in [3.8, 4) is 5.75 Å². The summed E-state index contributed by atoms with van der Waals surface area (Å²) in [4.78, 5) is 26.3. The van der Waals surface area contributed by atoms with Crippen molar-refractivity contribution in [1.29, 1.82) is 0 Å². The standard InChI is InChI=1S/C16H23N3O3/c1-22-15-4-2-3-14(11-15)5-6-17-16(21)12-18-7-9-19(13-20)10-8-18/h2-4,11,13H,5-10,12H2,1H3,(H,17,21). The third-order valence-corrected chi connectivity index (χ3v) is 3.79. The Morgan fingerprint density at radius 1 is 1.32 bits per heavy atom. The summed E-state index contributed by atoms with van der Waals surface area (Å²) in [6, 6.07) is 7.85. The van der Waals surface area contributed by atoms with E-state index in [9.17, 15) is 9.59 Å². The molecule has 6 heteroatoms.